The van der Waals surface area contributed by atoms with Crippen LogP contribution in [0.4, 0.5) is 0 Å². The Morgan fingerprint density at radius 1 is 0.882 bits per heavy atom. The van der Waals surface area contributed by atoms with Crippen molar-refractivity contribution in [3.8, 4) is 5.75 Å². The van der Waals surface area contributed by atoms with Crippen molar-refractivity contribution in [1.82, 2.24) is 0 Å². The Morgan fingerprint density at radius 3 is 2.14 bits per heavy atom. The van der Waals surface area contributed by atoms with Crippen LogP contribution in [0.3, 0.4) is 0 Å². The third kappa shape index (κ3) is 10.0. The summed E-state index contributed by atoms with van der Waals surface area (Å²) in [7, 11) is 0. The number of aliphatic hydroxyl groups excluding tert-OH is 1. The fourth-order valence-corrected chi connectivity index (χ4v) is 6.86. The smallest absolute Gasteiger partial charge is 0.310 e. The molecule has 9 heteroatoms. The molecule has 281 valence electrons. The molecule has 1 saturated heterocycles. The van der Waals surface area contributed by atoms with Crippen molar-refractivity contribution in [1.29, 1.82) is 0 Å². The van der Waals surface area contributed by atoms with Gasteiger partial charge in [-0.05, 0) is 98.7 Å². The number of hydrogen-bond donors (Lipinski definition) is 1. The van der Waals surface area contributed by atoms with Crippen molar-refractivity contribution >= 4 is 34.8 Å². The normalized spacial score (nSPS) is 22.8. The maximum absolute atomic E-state index is 14.1. The highest BCUT2D eigenvalue weighted by atomic mass is 35.5. The molecule has 8 nitrogen and oxygen atoms in total. The van der Waals surface area contributed by atoms with E-state index in [-0.39, 0.29) is 12.1 Å². The Balaban J connectivity index is 1.84. The Labute approximate surface area is 310 Å². The van der Waals surface area contributed by atoms with Crippen molar-refractivity contribution < 1.29 is 38.3 Å². The molecule has 1 aliphatic heterocycles. The fraction of sp³-hybridized carbons (Fsp3) is 0.571. The number of allylic oxidation sites excluding steroid dienone is 2. The van der Waals surface area contributed by atoms with Crippen LogP contribution in [0.25, 0.3) is 17.4 Å². The van der Waals surface area contributed by atoms with Crippen LogP contribution in [0.1, 0.15) is 116 Å². The number of aliphatic hydroxyl groups is 1. The van der Waals surface area contributed by atoms with E-state index in [0.717, 1.165) is 85.6 Å². The maximum atomic E-state index is 14.1. The molecular weight excluding hydrogens is 668 g/mol. The quantitative estimate of drug-likeness (QED) is 0.120. The van der Waals surface area contributed by atoms with E-state index >= 15 is 0 Å². The topological polar surface area (TPSA) is 92.7 Å². The fourth-order valence-electron chi connectivity index (χ4n) is 6.73. The van der Waals surface area contributed by atoms with Gasteiger partial charge in [0.25, 0.3) is 0 Å². The first-order valence-electron chi connectivity index (χ1n) is 18.9. The molecule has 0 saturated carbocycles. The molecule has 4 rings (SSSR count). The molecule has 1 aliphatic carbocycles. The van der Waals surface area contributed by atoms with Gasteiger partial charge in [0.2, 0.25) is 0 Å². The lowest BCUT2D eigenvalue weighted by molar-refractivity contribution is -0.294. The zero-order chi connectivity index (χ0) is 36.8. The number of fused-ring (bicyclic) bond motifs is 1. The van der Waals surface area contributed by atoms with Crippen LogP contribution in [0, 0.1) is 6.29 Å². The minimum absolute atomic E-state index is 0.0690. The summed E-state index contributed by atoms with van der Waals surface area (Å²) >= 11 is 6.20. The summed E-state index contributed by atoms with van der Waals surface area (Å²) in [5, 5.41) is 11.5. The van der Waals surface area contributed by atoms with Gasteiger partial charge in [0.1, 0.15) is 23.7 Å². The van der Waals surface area contributed by atoms with Crippen LogP contribution in [-0.2, 0) is 28.5 Å². The number of benzene rings is 2. The average Bonchev–Trinajstić information content (AvgIpc) is 3.37. The molecule has 1 fully saturated rings. The Morgan fingerprint density at radius 2 is 1.53 bits per heavy atom. The van der Waals surface area contributed by atoms with E-state index < -0.39 is 30.5 Å². The maximum Gasteiger partial charge on any atom is 0.310 e. The molecule has 2 aromatic carbocycles. The number of carbonyl (C=O) groups excluding carboxylic acids is 1. The number of carbonyl (C=O) groups is 1. The standard InChI is InChI=1S/C42H58ClO8/c1-7-11-14-23-47-39-37(28-44)50-41(40(48-24-15-12-8-2)42(39,30(6)45)49-25-16-13-9-3)51-38-29(5)35(26-31-17-19-32(43)20-18-31)34-22-21-33(46-10-4)27-36(34)38/h17-22,26-27,37,39-40,44H,7-16,23-25,28H2,1-6H3/t37-,39-,40+,42+/m1/s1. The summed E-state index contributed by atoms with van der Waals surface area (Å²) < 4.78 is 39.2. The Hall–Kier alpha value is -2.72. The molecule has 0 aromatic heterocycles. The molecule has 1 radical (unpaired) electrons. The lowest BCUT2D eigenvalue weighted by atomic mass is 9.80. The van der Waals surface area contributed by atoms with Crippen molar-refractivity contribution in [2.75, 3.05) is 33.0 Å². The minimum atomic E-state index is -1.61. The Bertz CT molecular complexity index is 1450. The van der Waals surface area contributed by atoms with E-state index in [1.165, 1.54) is 6.92 Å². The minimum Gasteiger partial charge on any atom is -0.494 e. The first-order chi connectivity index (χ1) is 24.7. The van der Waals surface area contributed by atoms with Gasteiger partial charge in [-0.1, -0.05) is 83.0 Å². The zero-order valence-electron chi connectivity index (χ0n) is 31.4. The van der Waals surface area contributed by atoms with Crippen molar-refractivity contribution in [3.63, 3.8) is 0 Å². The first kappa shape index (κ1) is 41.0. The lowest BCUT2D eigenvalue weighted by Gasteiger charge is -2.51. The number of hydrogen-bond acceptors (Lipinski definition) is 8. The van der Waals surface area contributed by atoms with Crippen molar-refractivity contribution in [2.24, 2.45) is 0 Å². The number of halogens is 1. The van der Waals surface area contributed by atoms with E-state index in [0.29, 0.717) is 43.0 Å². The van der Waals surface area contributed by atoms with Gasteiger partial charge < -0.3 is 33.5 Å². The van der Waals surface area contributed by atoms with E-state index in [2.05, 4.69) is 26.8 Å². The molecule has 1 N–H and O–H groups in total. The van der Waals surface area contributed by atoms with Crippen LogP contribution in [0.15, 0.2) is 48.0 Å². The van der Waals surface area contributed by atoms with Gasteiger partial charge in [-0.3, -0.25) is 4.79 Å². The van der Waals surface area contributed by atoms with Crippen LogP contribution in [0.2, 0.25) is 5.02 Å². The predicted molar refractivity (Wildman–Crippen MR) is 203 cm³/mol. The zero-order valence-corrected chi connectivity index (χ0v) is 32.2. The molecule has 0 bridgehead atoms. The third-order valence-electron chi connectivity index (χ3n) is 9.49. The summed E-state index contributed by atoms with van der Waals surface area (Å²) in [6.07, 6.45) is 7.49. The van der Waals surface area contributed by atoms with Crippen LogP contribution < -0.4 is 4.74 Å². The molecule has 0 spiro atoms. The summed E-state index contributed by atoms with van der Waals surface area (Å²) in [5.74, 6) is 0.986. The van der Waals surface area contributed by atoms with Crippen molar-refractivity contribution in [3.05, 3.63) is 76.0 Å². The molecule has 0 amide bonds. The van der Waals surface area contributed by atoms with E-state index in [1.54, 1.807) is 0 Å². The number of ether oxygens (including phenoxy) is 6. The van der Waals surface area contributed by atoms with Crippen molar-refractivity contribution in [2.45, 2.75) is 123 Å². The van der Waals surface area contributed by atoms with Gasteiger partial charge in [0.15, 0.2) is 17.5 Å². The van der Waals surface area contributed by atoms with Crippen LogP contribution >= 0.6 is 11.6 Å². The summed E-state index contributed by atoms with van der Waals surface area (Å²) in [6.45, 7) is 13.0. The molecule has 2 aliphatic rings. The number of rotatable bonds is 22. The first-order valence-corrected chi connectivity index (χ1v) is 19.3. The van der Waals surface area contributed by atoms with E-state index in [4.69, 9.17) is 40.0 Å². The largest absolute Gasteiger partial charge is 0.494 e. The molecular formula is C42H58ClO8. The monoisotopic (exact) mass is 725 g/mol. The summed E-state index contributed by atoms with van der Waals surface area (Å²) in [6, 6.07) is 13.6. The summed E-state index contributed by atoms with van der Waals surface area (Å²) in [5.41, 5.74) is 2.97. The SMILES string of the molecule is CCCCCO[C@@H]1[C@@H](CO)O[C](OC2=C(C)C(=Cc3ccc(Cl)cc3)c3ccc(OCC)cc32)[C@H](OCCCCC)[C@]1(OCCCCC)C(C)=O. The van der Waals surface area contributed by atoms with Gasteiger partial charge in [-0.15, -0.1) is 0 Å². The molecule has 51 heavy (non-hydrogen) atoms. The predicted octanol–water partition coefficient (Wildman–Crippen LogP) is 9.61. The number of unbranched alkanes of at least 4 members (excludes halogenated alkanes) is 6. The molecule has 2 aromatic rings. The average molecular weight is 726 g/mol. The summed E-state index contributed by atoms with van der Waals surface area (Å²) in [4.78, 5) is 14.1. The number of ketones is 1. The van der Waals surface area contributed by atoms with Gasteiger partial charge in [-0.2, -0.15) is 0 Å². The number of Topliss-reactive ketones (excluding diaryl/α,β-unsaturated/α-hetero) is 1. The van der Waals surface area contributed by atoms with Crippen LogP contribution in [0.5, 0.6) is 5.75 Å². The molecule has 1 heterocycles. The van der Waals surface area contributed by atoms with Crippen LogP contribution in [-0.4, -0.2) is 67.8 Å². The highest BCUT2D eigenvalue weighted by Crippen LogP contribution is 2.49. The highest BCUT2D eigenvalue weighted by Gasteiger charge is 2.64. The Kier molecular flexibility index (Phi) is 16.5. The van der Waals surface area contributed by atoms with Gasteiger partial charge in [0.05, 0.1) is 13.2 Å². The van der Waals surface area contributed by atoms with Gasteiger partial charge in [-0.25, -0.2) is 0 Å². The molecule has 4 atom stereocenters. The van der Waals surface area contributed by atoms with Gasteiger partial charge in [0, 0.05) is 30.4 Å². The van der Waals surface area contributed by atoms with E-state index in [1.807, 2.05) is 56.3 Å². The van der Waals surface area contributed by atoms with E-state index in [9.17, 15) is 9.90 Å². The lowest BCUT2D eigenvalue weighted by Crippen LogP contribution is -2.70. The second kappa shape index (κ2) is 20.5. The molecule has 0 unspecified atom stereocenters. The van der Waals surface area contributed by atoms with Gasteiger partial charge >= 0.3 is 6.29 Å². The second-order valence-electron chi connectivity index (χ2n) is 13.3. The second-order valence-corrected chi connectivity index (χ2v) is 13.8. The highest BCUT2D eigenvalue weighted by molar-refractivity contribution is 6.30. The third-order valence-corrected chi connectivity index (χ3v) is 9.75.